The minimum atomic E-state index is -0.778. The molecule has 2 unspecified atom stereocenters. The molecule has 0 amide bonds. The number of benzene rings is 2. The lowest BCUT2D eigenvalue weighted by atomic mass is 10.2. The van der Waals surface area contributed by atoms with Crippen LogP contribution in [0.3, 0.4) is 0 Å². The van der Waals surface area contributed by atoms with Crippen molar-refractivity contribution in [3.05, 3.63) is 81.9 Å². The Labute approximate surface area is 146 Å². The van der Waals surface area contributed by atoms with Crippen LogP contribution in [-0.2, 0) is 11.3 Å². The summed E-state index contributed by atoms with van der Waals surface area (Å²) in [4.78, 5) is 14.4. The molecule has 0 radical (unpaired) electrons. The lowest BCUT2D eigenvalue weighted by molar-refractivity contribution is -0.384. The molecule has 2 aromatic carbocycles. The fourth-order valence-electron chi connectivity index (χ4n) is 2.06. The van der Waals surface area contributed by atoms with Crippen molar-refractivity contribution in [3.63, 3.8) is 0 Å². The van der Waals surface area contributed by atoms with Crippen molar-refractivity contribution >= 4 is 18.0 Å². The molecule has 2 atom stereocenters. The summed E-state index contributed by atoms with van der Waals surface area (Å²) in [7, 11) is 0. The highest BCUT2D eigenvalue weighted by Gasteiger charge is 2.13. The van der Waals surface area contributed by atoms with Crippen LogP contribution in [0.25, 0.3) is 6.08 Å². The first-order valence-electron chi connectivity index (χ1n) is 7.84. The Kier molecular flexibility index (Phi) is 7.00. The van der Waals surface area contributed by atoms with Gasteiger partial charge < -0.3 is 9.84 Å². The van der Waals surface area contributed by atoms with E-state index in [0.717, 1.165) is 11.1 Å². The van der Waals surface area contributed by atoms with E-state index in [4.69, 9.17) is 4.74 Å². The molecule has 25 heavy (non-hydrogen) atoms. The summed E-state index contributed by atoms with van der Waals surface area (Å²) in [5.74, 6) is 0. The zero-order valence-corrected chi connectivity index (χ0v) is 13.9. The Balaban J connectivity index is 1.90. The van der Waals surface area contributed by atoms with Crippen LogP contribution in [0.5, 0.6) is 0 Å². The van der Waals surface area contributed by atoms with Gasteiger partial charge in [0.25, 0.3) is 5.69 Å². The van der Waals surface area contributed by atoms with Gasteiger partial charge in [0, 0.05) is 18.3 Å². The second-order valence-corrected chi connectivity index (χ2v) is 5.43. The predicted molar refractivity (Wildman–Crippen MR) is 97.3 cm³/mol. The Hall–Kier alpha value is -2.83. The number of hydrogen-bond donors (Lipinski definition) is 1. The molecular formula is C19H20N2O4. The average Bonchev–Trinajstić information content (AvgIpc) is 2.62. The summed E-state index contributed by atoms with van der Waals surface area (Å²) in [5, 5.41) is 20.4. The topological polar surface area (TPSA) is 85.0 Å². The number of aliphatic hydroxyl groups excluding tert-OH is 1. The van der Waals surface area contributed by atoms with Crippen LogP contribution in [0.4, 0.5) is 5.69 Å². The van der Waals surface area contributed by atoms with Gasteiger partial charge in [-0.2, -0.15) is 0 Å². The van der Waals surface area contributed by atoms with Crippen molar-refractivity contribution < 1.29 is 14.8 Å². The third-order valence-electron chi connectivity index (χ3n) is 3.39. The van der Waals surface area contributed by atoms with E-state index < -0.39 is 17.3 Å². The number of hydrogen-bond acceptors (Lipinski definition) is 5. The zero-order valence-electron chi connectivity index (χ0n) is 13.9. The van der Waals surface area contributed by atoms with Gasteiger partial charge in [0.05, 0.1) is 17.6 Å². The molecule has 6 nitrogen and oxygen atoms in total. The fourth-order valence-corrected chi connectivity index (χ4v) is 2.06. The van der Waals surface area contributed by atoms with E-state index in [1.807, 2.05) is 36.4 Å². The zero-order chi connectivity index (χ0) is 18.1. The van der Waals surface area contributed by atoms with Gasteiger partial charge in [0.1, 0.15) is 0 Å². The van der Waals surface area contributed by atoms with Crippen LogP contribution in [0, 0.1) is 10.1 Å². The minimum Gasteiger partial charge on any atom is -0.389 e. The first kappa shape index (κ1) is 18.5. The number of ether oxygens (including phenoxy) is 1. The van der Waals surface area contributed by atoms with Crippen molar-refractivity contribution in [2.75, 3.05) is 0 Å². The molecule has 0 bridgehead atoms. The molecule has 2 rings (SSSR count). The van der Waals surface area contributed by atoms with E-state index in [1.54, 1.807) is 31.3 Å². The Morgan fingerprint density at radius 3 is 2.48 bits per heavy atom. The van der Waals surface area contributed by atoms with E-state index in [1.165, 1.54) is 12.1 Å². The van der Waals surface area contributed by atoms with Gasteiger partial charge in [-0.15, -0.1) is 0 Å². The minimum absolute atomic E-state index is 0.0277. The maximum Gasteiger partial charge on any atom is 0.269 e. The maximum atomic E-state index is 10.6. The molecule has 6 heteroatoms. The van der Waals surface area contributed by atoms with Gasteiger partial charge in [0.2, 0.25) is 0 Å². The van der Waals surface area contributed by atoms with Crippen molar-refractivity contribution in [2.24, 2.45) is 4.99 Å². The Bertz CT molecular complexity index is 725. The molecule has 0 saturated heterocycles. The third-order valence-corrected chi connectivity index (χ3v) is 3.39. The quantitative estimate of drug-likeness (QED) is 0.452. The molecule has 0 spiro atoms. The van der Waals surface area contributed by atoms with Crippen LogP contribution in [0.15, 0.2) is 65.7 Å². The first-order chi connectivity index (χ1) is 12.1. The number of aliphatic hydroxyl groups is 1. The first-order valence-corrected chi connectivity index (χ1v) is 7.84. The molecule has 0 fully saturated rings. The molecule has 0 heterocycles. The molecule has 0 saturated carbocycles. The van der Waals surface area contributed by atoms with E-state index in [9.17, 15) is 15.2 Å². The molecule has 0 aliphatic rings. The van der Waals surface area contributed by atoms with E-state index in [-0.39, 0.29) is 12.3 Å². The van der Waals surface area contributed by atoms with Crippen LogP contribution in [0.2, 0.25) is 0 Å². The van der Waals surface area contributed by atoms with Crippen molar-refractivity contribution in [1.29, 1.82) is 0 Å². The summed E-state index contributed by atoms with van der Waals surface area (Å²) in [6, 6.07) is 15.9. The van der Waals surface area contributed by atoms with Crippen molar-refractivity contribution in [1.82, 2.24) is 0 Å². The van der Waals surface area contributed by atoms with Gasteiger partial charge in [0.15, 0.2) is 6.23 Å². The number of nitro groups is 1. The van der Waals surface area contributed by atoms with E-state index in [0.29, 0.717) is 0 Å². The van der Waals surface area contributed by atoms with Crippen molar-refractivity contribution in [2.45, 2.75) is 25.9 Å². The van der Waals surface area contributed by atoms with Crippen LogP contribution in [-0.4, -0.2) is 28.6 Å². The number of rotatable bonds is 8. The molecule has 0 aliphatic carbocycles. The number of nitro benzene ring substituents is 1. The number of aliphatic imine (C=N–C) groups is 1. The monoisotopic (exact) mass is 340 g/mol. The summed E-state index contributed by atoms with van der Waals surface area (Å²) in [5.41, 5.74) is 1.85. The fraction of sp³-hybridized carbons (Fsp3) is 0.211. The third kappa shape index (κ3) is 6.29. The second kappa shape index (κ2) is 9.46. The van der Waals surface area contributed by atoms with Crippen LogP contribution in [0.1, 0.15) is 18.1 Å². The standard InChI is InChI=1S/C19H20N2O4/c1-15(22)19(20-13-5-8-16-6-3-2-4-7-16)25-14-17-9-11-18(12-10-17)21(23)24/h2-13,15,19,22H,14H2,1H3. The lowest BCUT2D eigenvalue weighted by Gasteiger charge is -2.16. The second-order valence-electron chi connectivity index (χ2n) is 5.43. The number of non-ortho nitro benzene ring substituents is 1. The van der Waals surface area contributed by atoms with E-state index >= 15 is 0 Å². The Morgan fingerprint density at radius 1 is 1.20 bits per heavy atom. The van der Waals surface area contributed by atoms with Crippen molar-refractivity contribution in [3.8, 4) is 0 Å². The van der Waals surface area contributed by atoms with Gasteiger partial charge in [-0.05, 0) is 36.3 Å². The normalized spacial score (nSPS) is 14.0. The lowest BCUT2D eigenvalue weighted by Crippen LogP contribution is -2.24. The average molecular weight is 340 g/mol. The summed E-state index contributed by atoms with van der Waals surface area (Å²) >= 11 is 0. The van der Waals surface area contributed by atoms with Gasteiger partial charge >= 0.3 is 0 Å². The molecule has 0 aliphatic heterocycles. The highest BCUT2D eigenvalue weighted by atomic mass is 16.6. The smallest absolute Gasteiger partial charge is 0.269 e. The highest BCUT2D eigenvalue weighted by Crippen LogP contribution is 2.14. The van der Waals surface area contributed by atoms with Gasteiger partial charge in [-0.25, -0.2) is 0 Å². The van der Waals surface area contributed by atoms with E-state index in [2.05, 4.69) is 4.99 Å². The van der Waals surface area contributed by atoms with Crippen LogP contribution >= 0.6 is 0 Å². The molecule has 130 valence electrons. The predicted octanol–water partition coefficient (Wildman–Crippen LogP) is 3.60. The Morgan fingerprint density at radius 2 is 1.88 bits per heavy atom. The SMILES string of the molecule is CC(O)C(N=CC=Cc1ccccc1)OCc1ccc([N+](=O)[O-])cc1. The number of nitrogens with zero attached hydrogens (tertiary/aromatic N) is 2. The summed E-state index contributed by atoms with van der Waals surface area (Å²) in [6.45, 7) is 1.80. The van der Waals surface area contributed by atoms with Gasteiger partial charge in [-0.1, -0.05) is 36.4 Å². The largest absolute Gasteiger partial charge is 0.389 e. The molecular weight excluding hydrogens is 320 g/mol. The van der Waals surface area contributed by atoms with Gasteiger partial charge in [-0.3, -0.25) is 15.1 Å². The molecule has 1 N–H and O–H groups in total. The number of allylic oxidation sites excluding steroid dienone is 1. The highest BCUT2D eigenvalue weighted by molar-refractivity contribution is 5.78. The molecule has 0 aromatic heterocycles. The summed E-state index contributed by atoms with van der Waals surface area (Å²) in [6.07, 6.45) is 3.77. The molecule has 2 aromatic rings. The van der Waals surface area contributed by atoms with Crippen LogP contribution < -0.4 is 0 Å². The maximum absolute atomic E-state index is 10.6. The summed E-state index contributed by atoms with van der Waals surface area (Å²) < 4.78 is 5.59.